The van der Waals surface area contributed by atoms with Crippen LogP contribution in [-0.4, -0.2) is 53.2 Å². The first-order valence-electron chi connectivity index (χ1n) is 12.5. The maximum absolute atomic E-state index is 13.5. The van der Waals surface area contributed by atoms with Crippen molar-refractivity contribution in [2.24, 2.45) is 5.92 Å². The Hall–Kier alpha value is -3.35. The molecule has 2 aliphatic rings. The second kappa shape index (κ2) is 10.5. The summed E-state index contributed by atoms with van der Waals surface area (Å²) in [5.74, 6) is -1.15. The number of rotatable bonds is 8. The van der Waals surface area contributed by atoms with Crippen LogP contribution in [0, 0.1) is 5.92 Å². The number of ether oxygens (including phenoxy) is 1. The molecule has 0 radical (unpaired) electrons. The van der Waals surface area contributed by atoms with Gasteiger partial charge in [0.1, 0.15) is 12.1 Å². The minimum atomic E-state index is -1.11. The van der Waals surface area contributed by atoms with E-state index in [-0.39, 0.29) is 30.8 Å². The van der Waals surface area contributed by atoms with Gasteiger partial charge in [0.05, 0.1) is 0 Å². The number of alkyl carbamates (subject to hydrolysis) is 1. The molecule has 2 amide bonds. The molecule has 2 N–H and O–H groups in total. The predicted octanol–water partition coefficient (Wildman–Crippen LogP) is 4.80. The first-order valence-corrected chi connectivity index (χ1v) is 12.5. The second-order valence-corrected chi connectivity index (χ2v) is 9.89. The molecule has 1 heterocycles. The van der Waals surface area contributed by atoms with Crippen LogP contribution in [-0.2, 0) is 14.3 Å². The molecule has 2 aromatic rings. The highest BCUT2D eigenvalue weighted by molar-refractivity contribution is 5.90. The summed E-state index contributed by atoms with van der Waals surface area (Å²) >= 11 is 0. The molecule has 0 aromatic heterocycles. The van der Waals surface area contributed by atoms with Gasteiger partial charge in [0, 0.05) is 25.4 Å². The lowest BCUT2D eigenvalue weighted by Gasteiger charge is -2.39. The minimum Gasteiger partial charge on any atom is -0.481 e. The van der Waals surface area contributed by atoms with E-state index >= 15 is 0 Å². The number of amides is 2. The molecule has 2 aromatic carbocycles. The van der Waals surface area contributed by atoms with Crippen molar-refractivity contribution in [3.63, 3.8) is 0 Å². The molecular formula is C28H34N2O5. The molecule has 1 saturated heterocycles. The third-order valence-electron chi connectivity index (χ3n) is 7.21. The maximum Gasteiger partial charge on any atom is 0.408 e. The minimum absolute atomic E-state index is 0.0497. The van der Waals surface area contributed by atoms with Crippen molar-refractivity contribution >= 4 is 18.0 Å². The Balaban J connectivity index is 1.43. The van der Waals surface area contributed by atoms with Crippen LogP contribution in [0.3, 0.4) is 0 Å². The van der Waals surface area contributed by atoms with Gasteiger partial charge in [-0.1, -0.05) is 61.9 Å². The molecule has 7 nitrogen and oxygen atoms in total. The summed E-state index contributed by atoms with van der Waals surface area (Å²) in [6.07, 6.45) is 2.16. The van der Waals surface area contributed by atoms with Crippen molar-refractivity contribution in [3.8, 4) is 11.1 Å². The van der Waals surface area contributed by atoms with Crippen LogP contribution in [0.4, 0.5) is 4.79 Å². The third-order valence-corrected chi connectivity index (χ3v) is 7.21. The van der Waals surface area contributed by atoms with E-state index in [1.54, 1.807) is 11.8 Å². The second-order valence-electron chi connectivity index (χ2n) is 9.89. The van der Waals surface area contributed by atoms with Gasteiger partial charge in [-0.15, -0.1) is 0 Å². The molecule has 1 fully saturated rings. The summed E-state index contributed by atoms with van der Waals surface area (Å²) in [7, 11) is 0. The Bertz CT molecular complexity index is 1050. The first-order chi connectivity index (χ1) is 16.8. The van der Waals surface area contributed by atoms with Crippen molar-refractivity contribution in [1.29, 1.82) is 0 Å². The van der Waals surface area contributed by atoms with Crippen molar-refractivity contribution in [2.75, 3.05) is 19.7 Å². The number of carboxylic acids is 1. The van der Waals surface area contributed by atoms with Crippen LogP contribution in [0.1, 0.15) is 63.0 Å². The predicted molar refractivity (Wildman–Crippen MR) is 133 cm³/mol. The highest BCUT2D eigenvalue weighted by Crippen LogP contribution is 2.44. The number of carbonyl (C=O) groups is 3. The Labute approximate surface area is 206 Å². The van der Waals surface area contributed by atoms with E-state index in [2.05, 4.69) is 29.6 Å². The molecule has 2 unspecified atom stereocenters. The lowest BCUT2D eigenvalue weighted by molar-refractivity contribution is -0.143. The number of hydrogen-bond donors (Lipinski definition) is 2. The van der Waals surface area contributed by atoms with Crippen molar-refractivity contribution in [3.05, 3.63) is 59.7 Å². The zero-order valence-corrected chi connectivity index (χ0v) is 20.5. The van der Waals surface area contributed by atoms with Crippen LogP contribution >= 0.6 is 0 Å². The fraction of sp³-hybridized carbons (Fsp3) is 0.464. The Kier molecular flexibility index (Phi) is 7.43. The molecule has 1 aliphatic carbocycles. The average Bonchev–Trinajstić information content (AvgIpc) is 3.16. The van der Waals surface area contributed by atoms with Crippen LogP contribution in [0.25, 0.3) is 11.1 Å². The Morgan fingerprint density at radius 1 is 1.09 bits per heavy atom. The smallest absolute Gasteiger partial charge is 0.408 e. The van der Waals surface area contributed by atoms with Crippen LogP contribution in [0.15, 0.2) is 48.5 Å². The number of nitrogens with one attached hydrogen (secondary N) is 1. The van der Waals surface area contributed by atoms with Crippen LogP contribution in [0.2, 0.25) is 0 Å². The zero-order chi connectivity index (χ0) is 25.0. The zero-order valence-electron chi connectivity index (χ0n) is 20.5. The van der Waals surface area contributed by atoms with E-state index < -0.39 is 17.6 Å². The van der Waals surface area contributed by atoms with Gasteiger partial charge in [-0.3, -0.25) is 9.59 Å². The number of nitrogens with zero attached hydrogens (tertiary/aromatic N) is 1. The fourth-order valence-corrected chi connectivity index (χ4v) is 5.59. The number of likely N-dealkylation sites (tertiary alicyclic amines) is 1. The molecule has 0 bridgehead atoms. The van der Waals surface area contributed by atoms with Gasteiger partial charge >= 0.3 is 12.1 Å². The highest BCUT2D eigenvalue weighted by Gasteiger charge is 2.40. The number of fused-ring (bicyclic) bond motifs is 3. The van der Waals surface area contributed by atoms with E-state index in [1.165, 1.54) is 0 Å². The van der Waals surface area contributed by atoms with E-state index in [0.29, 0.717) is 25.9 Å². The first kappa shape index (κ1) is 24.8. The van der Waals surface area contributed by atoms with Gasteiger partial charge in [-0.2, -0.15) is 0 Å². The van der Waals surface area contributed by atoms with Crippen molar-refractivity contribution < 1.29 is 24.2 Å². The largest absolute Gasteiger partial charge is 0.481 e. The molecule has 186 valence electrons. The van der Waals surface area contributed by atoms with Gasteiger partial charge in [0.2, 0.25) is 5.91 Å². The molecule has 4 rings (SSSR count). The molecule has 0 spiro atoms. The average molecular weight is 479 g/mol. The summed E-state index contributed by atoms with van der Waals surface area (Å²) < 4.78 is 5.69. The summed E-state index contributed by atoms with van der Waals surface area (Å²) in [5.41, 5.74) is 3.47. The summed E-state index contributed by atoms with van der Waals surface area (Å²) in [5, 5.41) is 12.0. The lowest BCUT2D eigenvalue weighted by atomic mass is 9.90. The van der Waals surface area contributed by atoms with Gasteiger partial charge < -0.3 is 20.1 Å². The number of aliphatic carboxylic acids is 1. The summed E-state index contributed by atoms with van der Waals surface area (Å²) in [6, 6.07) is 16.3. The number of hydrogen-bond acceptors (Lipinski definition) is 4. The van der Waals surface area contributed by atoms with Crippen molar-refractivity contribution in [2.45, 2.75) is 57.4 Å². The molecular weight excluding hydrogens is 444 g/mol. The molecule has 7 heteroatoms. The summed E-state index contributed by atoms with van der Waals surface area (Å²) in [6.45, 7) is 4.85. The normalized spacial score (nSPS) is 18.8. The summed E-state index contributed by atoms with van der Waals surface area (Å²) in [4.78, 5) is 39.3. The number of carboxylic acid groups (broad SMARTS) is 1. The number of carbonyl (C=O) groups excluding carboxylic acids is 2. The van der Waals surface area contributed by atoms with Gasteiger partial charge in [-0.05, 0) is 54.4 Å². The van der Waals surface area contributed by atoms with Crippen LogP contribution in [0.5, 0.6) is 0 Å². The van der Waals surface area contributed by atoms with E-state index in [0.717, 1.165) is 35.1 Å². The molecule has 2 atom stereocenters. The van der Waals surface area contributed by atoms with Gasteiger partial charge in [0.25, 0.3) is 0 Å². The third kappa shape index (κ3) is 5.34. The molecule has 1 aliphatic heterocycles. The van der Waals surface area contributed by atoms with Crippen molar-refractivity contribution in [1.82, 2.24) is 10.2 Å². The topological polar surface area (TPSA) is 95.9 Å². The maximum atomic E-state index is 13.5. The molecule has 0 saturated carbocycles. The number of piperidine rings is 1. The lowest BCUT2D eigenvalue weighted by Crippen LogP contribution is -2.59. The molecule has 35 heavy (non-hydrogen) atoms. The highest BCUT2D eigenvalue weighted by atomic mass is 16.5. The van der Waals surface area contributed by atoms with E-state index in [1.807, 2.05) is 31.2 Å². The quantitative estimate of drug-likeness (QED) is 0.568. The Morgan fingerprint density at radius 3 is 2.31 bits per heavy atom. The van der Waals surface area contributed by atoms with Crippen LogP contribution < -0.4 is 5.32 Å². The Morgan fingerprint density at radius 2 is 1.71 bits per heavy atom. The van der Waals surface area contributed by atoms with E-state index in [9.17, 15) is 14.4 Å². The standard InChI is InChI=1S/C28H34N2O5/c1-3-14-28(2,26(33)30-15-8-9-19(17-30)16-25(31)32)29-27(34)35-18-24-22-12-6-4-10-20(22)21-11-5-7-13-23(21)24/h4-7,10-13,19,24H,3,8-9,14-18H2,1-2H3,(H,29,34)(H,31,32). The monoisotopic (exact) mass is 478 g/mol. The van der Waals surface area contributed by atoms with Gasteiger partial charge in [-0.25, -0.2) is 4.79 Å². The fourth-order valence-electron chi connectivity index (χ4n) is 5.59. The number of benzene rings is 2. The van der Waals surface area contributed by atoms with Gasteiger partial charge in [0.15, 0.2) is 0 Å². The van der Waals surface area contributed by atoms with E-state index in [4.69, 9.17) is 9.84 Å². The SMILES string of the molecule is CCCC(C)(NC(=O)OCC1c2ccccc2-c2ccccc21)C(=O)N1CCCC(CC(=O)O)C1.